The Bertz CT molecular complexity index is 490. The van der Waals surface area contributed by atoms with E-state index in [1.54, 1.807) is 6.08 Å². The molecular formula is C22H36O2. The van der Waals surface area contributed by atoms with Gasteiger partial charge in [-0.15, -0.1) is 0 Å². The van der Waals surface area contributed by atoms with Crippen LogP contribution in [0.2, 0.25) is 0 Å². The maximum Gasteiger partial charge on any atom is 0.303 e. The lowest BCUT2D eigenvalue weighted by Gasteiger charge is -2.24. The Morgan fingerprint density at radius 3 is 1.88 bits per heavy atom. The van der Waals surface area contributed by atoms with Gasteiger partial charge in [-0.05, 0) is 79.2 Å². The summed E-state index contributed by atoms with van der Waals surface area (Å²) < 4.78 is 5.34. The Kier molecular flexibility index (Phi) is 11.1. The number of esters is 1. The predicted molar refractivity (Wildman–Crippen MR) is 105 cm³/mol. The number of carbonyl (C=O) groups excluding carboxylic acids is 1. The van der Waals surface area contributed by atoms with Crippen molar-refractivity contribution < 1.29 is 9.53 Å². The van der Waals surface area contributed by atoms with Crippen LogP contribution in [0.25, 0.3) is 0 Å². The maximum atomic E-state index is 11.1. The van der Waals surface area contributed by atoms with Crippen LogP contribution in [0, 0.1) is 0 Å². The lowest BCUT2D eigenvalue weighted by molar-refractivity contribution is -0.151. The SMILES string of the molecule is C=CC(C)(CCC=C(C)CC/C=C(/C)CCC=C(C)C)OC(C)=O. The highest BCUT2D eigenvalue weighted by Gasteiger charge is 2.22. The van der Waals surface area contributed by atoms with Crippen molar-refractivity contribution in [3.63, 3.8) is 0 Å². The second-order valence-electron chi connectivity index (χ2n) is 7.11. The van der Waals surface area contributed by atoms with Crippen molar-refractivity contribution in [2.45, 2.75) is 85.7 Å². The molecule has 1 unspecified atom stereocenters. The molecule has 0 fully saturated rings. The van der Waals surface area contributed by atoms with Crippen LogP contribution in [0.3, 0.4) is 0 Å². The lowest BCUT2D eigenvalue weighted by atomic mass is 9.98. The van der Waals surface area contributed by atoms with E-state index in [4.69, 9.17) is 4.74 Å². The Labute approximate surface area is 149 Å². The average Bonchev–Trinajstić information content (AvgIpc) is 2.46. The number of ether oxygens (including phenoxy) is 1. The van der Waals surface area contributed by atoms with Crippen molar-refractivity contribution in [3.05, 3.63) is 47.6 Å². The maximum absolute atomic E-state index is 11.1. The lowest BCUT2D eigenvalue weighted by Crippen LogP contribution is -2.27. The molecule has 0 aromatic rings. The van der Waals surface area contributed by atoms with E-state index in [0.29, 0.717) is 0 Å². The topological polar surface area (TPSA) is 26.3 Å². The summed E-state index contributed by atoms with van der Waals surface area (Å²) in [6.07, 6.45) is 14.7. The fourth-order valence-corrected chi connectivity index (χ4v) is 2.47. The first-order valence-corrected chi connectivity index (χ1v) is 8.96. The van der Waals surface area contributed by atoms with Gasteiger partial charge in [0.15, 0.2) is 0 Å². The first-order chi connectivity index (χ1) is 11.2. The minimum absolute atomic E-state index is 0.258. The molecule has 0 aliphatic rings. The Hall–Kier alpha value is -1.57. The van der Waals surface area contributed by atoms with Crippen molar-refractivity contribution in [1.82, 2.24) is 0 Å². The molecule has 0 aromatic carbocycles. The third-order valence-corrected chi connectivity index (χ3v) is 4.06. The largest absolute Gasteiger partial charge is 0.455 e. The van der Waals surface area contributed by atoms with Crippen LogP contribution in [-0.4, -0.2) is 11.6 Å². The third-order valence-electron chi connectivity index (χ3n) is 4.06. The van der Waals surface area contributed by atoms with Gasteiger partial charge >= 0.3 is 5.97 Å². The van der Waals surface area contributed by atoms with Gasteiger partial charge in [0.1, 0.15) is 5.60 Å². The number of hydrogen-bond donors (Lipinski definition) is 0. The van der Waals surface area contributed by atoms with E-state index in [2.05, 4.69) is 52.5 Å². The molecule has 0 radical (unpaired) electrons. The Morgan fingerprint density at radius 2 is 1.42 bits per heavy atom. The highest BCUT2D eigenvalue weighted by Crippen LogP contribution is 2.21. The van der Waals surface area contributed by atoms with Crippen molar-refractivity contribution >= 4 is 5.97 Å². The molecular weight excluding hydrogens is 296 g/mol. The summed E-state index contributed by atoms with van der Waals surface area (Å²) in [6, 6.07) is 0. The van der Waals surface area contributed by atoms with Crippen LogP contribution in [0.4, 0.5) is 0 Å². The van der Waals surface area contributed by atoms with Crippen molar-refractivity contribution in [1.29, 1.82) is 0 Å². The molecule has 0 saturated heterocycles. The third kappa shape index (κ3) is 11.9. The molecule has 0 bridgehead atoms. The monoisotopic (exact) mass is 332 g/mol. The van der Waals surface area contributed by atoms with Crippen LogP contribution in [0.5, 0.6) is 0 Å². The second-order valence-corrected chi connectivity index (χ2v) is 7.11. The molecule has 0 saturated carbocycles. The number of hydrogen-bond acceptors (Lipinski definition) is 2. The summed E-state index contributed by atoms with van der Waals surface area (Å²) in [4.78, 5) is 11.1. The quantitative estimate of drug-likeness (QED) is 0.311. The zero-order valence-electron chi connectivity index (χ0n) is 16.6. The van der Waals surface area contributed by atoms with E-state index in [-0.39, 0.29) is 5.97 Å². The molecule has 2 nitrogen and oxygen atoms in total. The predicted octanol–water partition coefficient (Wildman–Crippen LogP) is 6.69. The first-order valence-electron chi connectivity index (χ1n) is 8.96. The molecule has 0 N–H and O–H groups in total. The Balaban J connectivity index is 4.21. The molecule has 2 heteroatoms. The summed E-state index contributed by atoms with van der Waals surface area (Å²) in [5.41, 5.74) is 3.68. The smallest absolute Gasteiger partial charge is 0.303 e. The summed E-state index contributed by atoms with van der Waals surface area (Å²) in [7, 11) is 0. The number of carbonyl (C=O) groups is 1. The zero-order valence-corrected chi connectivity index (χ0v) is 16.6. The highest BCUT2D eigenvalue weighted by atomic mass is 16.6. The van der Waals surface area contributed by atoms with Crippen LogP contribution in [0.1, 0.15) is 80.1 Å². The normalized spacial score (nSPS) is 14.8. The number of allylic oxidation sites excluding steroid dienone is 6. The van der Waals surface area contributed by atoms with Gasteiger partial charge in [-0.2, -0.15) is 0 Å². The summed E-state index contributed by atoms with van der Waals surface area (Å²) in [5.74, 6) is -0.258. The van der Waals surface area contributed by atoms with Gasteiger partial charge in [0.05, 0.1) is 0 Å². The van der Waals surface area contributed by atoms with E-state index in [9.17, 15) is 4.79 Å². The molecule has 24 heavy (non-hydrogen) atoms. The highest BCUT2D eigenvalue weighted by molar-refractivity contribution is 5.66. The minimum atomic E-state index is -0.565. The van der Waals surface area contributed by atoms with E-state index < -0.39 is 5.60 Å². The molecule has 0 aromatic heterocycles. The van der Waals surface area contributed by atoms with Crippen LogP contribution in [-0.2, 0) is 9.53 Å². The van der Waals surface area contributed by atoms with Gasteiger partial charge in [0.2, 0.25) is 0 Å². The molecule has 0 aliphatic heterocycles. The van der Waals surface area contributed by atoms with Gasteiger partial charge in [0, 0.05) is 6.92 Å². The second kappa shape index (κ2) is 11.9. The summed E-state index contributed by atoms with van der Waals surface area (Å²) in [6.45, 7) is 15.8. The van der Waals surface area contributed by atoms with Gasteiger partial charge < -0.3 is 4.74 Å². The Morgan fingerprint density at radius 1 is 0.917 bits per heavy atom. The molecule has 0 amide bonds. The van der Waals surface area contributed by atoms with Crippen molar-refractivity contribution in [2.24, 2.45) is 0 Å². The molecule has 0 heterocycles. The zero-order chi connectivity index (χ0) is 18.6. The summed E-state index contributed by atoms with van der Waals surface area (Å²) in [5, 5.41) is 0. The first kappa shape index (κ1) is 22.4. The average molecular weight is 333 g/mol. The van der Waals surface area contributed by atoms with E-state index in [1.807, 2.05) is 6.92 Å². The van der Waals surface area contributed by atoms with Crippen molar-refractivity contribution in [3.8, 4) is 0 Å². The molecule has 136 valence electrons. The molecule has 0 spiro atoms. The van der Waals surface area contributed by atoms with Gasteiger partial charge in [-0.25, -0.2) is 0 Å². The number of rotatable bonds is 11. The van der Waals surface area contributed by atoms with Crippen LogP contribution in [0.15, 0.2) is 47.6 Å². The fourth-order valence-electron chi connectivity index (χ4n) is 2.47. The fraction of sp³-hybridized carbons (Fsp3) is 0.591. The van der Waals surface area contributed by atoms with E-state index >= 15 is 0 Å². The molecule has 1 atom stereocenters. The van der Waals surface area contributed by atoms with Gasteiger partial charge in [0.25, 0.3) is 0 Å². The van der Waals surface area contributed by atoms with Gasteiger partial charge in [-0.3, -0.25) is 4.79 Å². The van der Waals surface area contributed by atoms with Gasteiger partial charge in [-0.1, -0.05) is 41.5 Å². The minimum Gasteiger partial charge on any atom is -0.455 e. The van der Waals surface area contributed by atoms with Crippen LogP contribution < -0.4 is 0 Å². The van der Waals surface area contributed by atoms with Crippen molar-refractivity contribution in [2.75, 3.05) is 0 Å². The van der Waals surface area contributed by atoms with E-state index in [0.717, 1.165) is 38.5 Å². The van der Waals surface area contributed by atoms with Crippen LogP contribution >= 0.6 is 0 Å². The molecule has 0 rings (SSSR count). The molecule has 0 aliphatic carbocycles. The standard InChI is InChI=1S/C22H36O2/c1-8-22(7,24-21(6)23)17-11-16-20(5)15-10-14-19(4)13-9-12-18(2)3/h8,12,14,16H,1,9-11,13,15,17H2,2-7H3/b19-14-,20-16?. The summed E-state index contributed by atoms with van der Waals surface area (Å²) >= 11 is 0. The van der Waals surface area contributed by atoms with E-state index in [1.165, 1.54) is 23.6 Å².